The first-order chi connectivity index (χ1) is 17.0. The molecule has 2 amide bonds. The lowest BCUT2D eigenvalue weighted by Gasteiger charge is -2.44. The number of fused-ring (bicyclic) bond motifs is 2. The summed E-state index contributed by atoms with van der Waals surface area (Å²) in [6.45, 7) is -0.133. The van der Waals surface area contributed by atoms with Gasteiger partial charge in [-0.2, -0.15) is 0 Å². The van der Waals surface area contributed by atoms with Crippen molar-refractivity contribution in [2.24, 2.45) is 11.7 Å². The fourth-order valence-electron chi connectivity index (χ4n) is 6.08. The van der Waals surface area contributed by atoms with Crippen LogP contribution in [0.5, 0.6) is 5.75 Å². The Morgan fingerprint density at radius 1 is 1.06 bits per heavy atom. The molecule has 1 aromatic carbocycles. The molecule has 0 aromatic heterocycles. The molecule has 198 valence electrons. The van der Waals surface area contributed by atoms with Crippen LogP contribution >= 0.6 is 0 Å². The van der Waals surface area contributed by atoms with Crippen LogP contribution in [0.3, 0.4) is 0 Å². The summed E-state index contributed by atoms with van der Waals surface area (Å²) in [7, 11) is 0. The Balaban J connectivity index is 1.35. The van der Waals surface area contributed by atoms with E-state index in [1.165, 1.54) is 4.90 Å². The van der Waals surface area contributed by atoms with Crippen LogP contribution in [0.15, 0.2) is 24.3 Å². The number of hydrogen-bond acceptors (Lipinski definition) is 5. The summed E-state index contributed by atoms with van der Waals surface area (Å²) in [5.74, 6) is -6.41. The van der Waals surface area contributed by atoms with E-state index in [1.807, 2.05) is 24.3 Å². The third-order valence-electron chi connectivity index (χ3n) is 8.09. The summed E-state index contributed by atoms with van der Waals surface area (Å²) in [6, 6.07) is 4.35. The molecule has 7 nitrogen and oxygen atoms in total. The van der Waals surface area contributed by atoms with Crippen LogP contribution in [-0.2, 0) is 9.59 Å². The monoisotopic (exact) mass is 512 g/mol. The van der Waals surface area contributed by atoms with Crippen LogP contribution in [0.1, 0.15) is 50.1 Å². The maximum absolute atomic E-state index is 14.2. The van der Waals surface area contributed by atoms with Gasteiger partial charge < -0.3 is 20.7 Å². The largest absolute Gasteiger partial charge is 0.493 e. The fraction of sp³-hybridized carbons (Fsp3) is 0.680. The van der Waals surface area contributed by atoms with E-state index in [-0.39, 0.29) is 44.8 Å². The molecule has 3 aliphatic heterocycles. The van der Waals surface area contributed by atoms with Gasteiger partial charge in [-0.05, 0) is 24.8 Å². The van der Waals surface area contributed by atoms with Gasteiger partial charge in [0, 0.05) is 50.4 Å². The first kappa shape index (κ1) is 25.3. The van der Waals surface area contributed by atoms with Gasteiger partial charge >= 0.3 is 0 Å². The van der Waals surface area contributed by atoms with Crippen LogP contribution in [0.25, 0.3) is 0 Å². The van der Waals surface area contributed by atoms with Gasteiger partial charge in [0.25, 0.3) is 5.92 Å². The highest BCUT2D eigenvalue weighted by Gasteiger charge is 2.52. The van der Waals surface area contributed by atoms with Gasteiger partial charge in [0.05, 0.1) is 25.2 Å². The van der Waals surface area contributed by atoms with Gasteiger partial charge in [-0.3, -0.25) is 14.5 Å². The number of amides is 2. The average molecular weight is 513 g/mol. The van der Waals surface area contributed by atoms with Gasteiger partial charge in [0.1, 0.15) is 11.8 Å². The summed E-state index contributed by atoms with van der Waals surface area (Å²) >= 11 is 0. The minimum atomic E-state index is -2.90. The van der Waals surface area contributed by atoms with Gasteiger partial charge in [0.2, 0.25) is 17.7 Å². The highest BCUT2D eigenvalue weighted by molar-refractivity contribution is 5.90. The summed E-state index contributed by atoms with van der Waals surface area (Å²) in [5.41, 5.74) is 7.08. The van der Waals surface area contributed by atoms with Gasteiger partial charge in [-0.1, -0.05) is 18.2 Å². The van der Waals surface area contributed by atoms with E-state index in [1.54, 1.807) is 4.90 Å². The Labute approximate surface area is 207 Å². The van der Waals surface area contributed by atoms with E-state index in [0.717, 1.165) is 5.56 Å². The average Bonchev–Trinajstić information content (AvgIpc) is 3.15. The fourth-order valence-corrected chi connectivity index (χ4v) is 6.08. The lowest BCUT2D eigenvalue weighted by Crippen LogP contribution is -2.65. The van der Waals surface area contributed by atoms with Crippen LogP contribution in [0.4, 0.5) is 17.6 Å². The number of halogens is 4. The number of piperazine rings is 1. The van der Waals surface area contributed by atoms with Crippen molar-refractivity contribution in [1.29, 1.82) is 0 Å². The molecule has 3 fully saturated rings. The van der Waals surface area contributed by atoms with Gasteiger partial charge in [-0.15, -0.1) is 0 Å². The van der Waals surface area contributed by atoms with Crippen LogP contribution in [-0.4, -0.2) is 77.8 Å². The Morgan fingerprint density at radius 3 is 2.53 bits per heavy atom. The first-order valence-corrected chi connectivity index (χ1v) is 12.6. The maximum atomic E-state index is 14.2. The second-order valence-electron chi connectivity index (χ2n) is 10.6. The standard InChI is InChI=1S/C25H32F4N4O3/c26-24(27)8-5-15(6-9-24)21(30)23(35)33-12-16-11-25(28,29)14-32(16)13-19(33)22(34)31-18-7-10-36-20-4-2-1-3-17(18)20/h1-4,15-16,18-19,21H,5-14,30H2,(H,31,34)/t16-,18-,19?,21+/m1/s1. The van der Waals surface area contributed by atoms with Gasteiger partial charge in [0.15, 0.2) is 0 Å². The Morgan fingerprint density at radius 2 is 1.78 bits per heavy atom. The van der Waals surface area contributed by atoms with Crippen molar-refractivity contribution in [3.63, 3.8) is 0 Å². The van der Waals surface area contributed by atoms with Crippen molar-refractivity contribution < 1.29 is 31.9 Å². The topological polar surface area (TPSA) is 87.9 Å². The second-order valence-corrected chi connectivity index (χ2v) is 10.6. The lowest BCUT2D eigenvalue weighted by atomic mass is 9.81. The van der Waals surface area contributed by atoms with E-state index >= 15 is 0 Å². The number of carbonyl (C=O) groups excluding carboxylic acids is 2. The summed E-state index contributed by atoms with van der Waals surface area (Å²) in [6.07, 6.45) is -0.330. The molecule has 1 aromatic rings. The second kappa shape index (κ2) is 9.48. The number of para-hydroxylation sites is 1. The maximum Gasteiger partial charge on any atom is 0.262 e. The predicted octanol–water partition coefficient (Wildman–Crippen LogP) is 2.70. The third-order valence-corrected chi connectivity index (χ3v) is 8.09. The zero-order chi connectivity index (χ0) is 25.7. The SMILES string of the molecule is N[C@H](C(=O)N1C[C@H]2CC(F)(F)CN2CC1C(=O)N[C@@H]1CCOc2ccccc21)C1CCC(F)(F)CC1. The number of benzene rings is 1. The summed E-state index contributed by atoms with van der Waals surface area (Å²) in [5, 5.41) is 2.99. The number of alkyl halides is 4. The van der Waals surface area contributed by atoms with Crippen molar-refractivity contribution in [2.45, 2.75) is 74.5 Å². The zero-order valence-corrected chi connectivity index (χ0v) is 20.0. The Bertz CT molecular complexity index is 999. The number of nitrogens with one attached hydrogen (secondary N) is 1. The minimum absolute atomic E-state index is 0.0296. The predicted molar refractivity (Wildman–Crippen MR) is 123 cm³/mol. The minimum Gasteiger partial charge on any atom is -0.493 e. The molecule has 0 radical (unpaired) electrons. The smallest absolute Gasteiger partial charge is 0.262 e. The molecule has 11 heteroatoms. The highest BCUT2D eigenvalue weighted by Crippen LogP contribution is 2.39. The van der Waals surface area contributed by atoms with Crippen LogP contribution in [0.2, 0.25) is 0 Å². The van der Waals surface area contributed by atoms with E-state index in [4.69, 9.17) is 10.5 Å². The molecule has 36 heavy (non-hydrogen) atoms. The molecule has 3 heterocycles. The van der Waals surface area contributed by atoms with E-state index in [0.29, 0.717) is 18.8 Å². The van der Waals surface area contributed by atoms with Crippen LogP contribution in [0, 0.1) is 5.92 Å². The number of carbonyl (C=O) groups is 2. The van der Waals surface area contributed by atoms with E-state index < -0.39 is 60.7 Å². The third kappa shape index (κ3) is 5.04. The van der Waals surface area contributed by atoms with Crippen molar-refractivity contribution in [1.82, 2.24) is 15.1 Å². The molecule has 1 saturated carbocycles. The van der Waals surface area contributed by atoms with Crippen molar-refractivity contribution in [3.05, 3.63) is 29.8 Å². The molecule has 0 bridgehead atoms. The molecule has 4 aliphatic rings. The lowest BCUT2D eigenvalue weighted by molar-refractivity contribution is -0.148. The molecule has 2 saturated heterocycles. The molecule has 4 atom stereocenters. The molecule has 0 spiro atoms. The summed E-state index contributed by atoms with van der Waals surface area (Å²) in [4.78, 5) is 29.9. The Kier molecular flexibility index (Phi) is 6.65. The normalized spacial score (nSPS) is 30.6. The number of nitrogens with zero attached hydrogens (tertiary/aromatic N) is 2. The van der Waals surface area contributed by atoms with Crippen LogP contribution < -0.4 is 15.8 Å². The molecular formula is C25H32F4N4O3. The molecule has 1 unspecified atom stereocenters. The zero-order valence-electron chi connectivity index (χ0n) is 20.0. The number of ether oxygens (including phenoxy) is 1. The van der Waals surface area contributed by atoms with Crippen molar-refractivity contribution in [2.75, 3.05) is 26.2 Å². The quantitative estimate of drug-likeness (QED) is 0.606. The van der Waals surface area contributed by atoms with Crippen molar-refractivity contribution >= 4 is 11.8 Å². The number of rotatable bonds is 4. The Hall–Kier alpha value is -2.40. The van der Waals surface area contributed by atoms with E-state index in [2.05, 4.69) is 5.32 Å². The molecule has 5 rings (SSSR count). The number of nitrogens with two attached hydrogens (primary N) is 1. The molecule has 1 aliphatic carbocycles. The summed E-state index contributed by atoms with van der Waals surface area (Å²) < 4.78 is 61.3. The highest BCUT2D eigenvalue weighted by atomic mass is 19.3. The molecule has 3 N–H and O–H groups in total. The van der Waals surface area contributed by atoms with Gasteiger partial charge in [-0.25, -0.2) is 17.6 Å². The number of hydrogen-bond donors (Lipinski definition) is 2. The first-order valence-electron chi connectivity index (χ1n) is 12.6. The molecular weight excluding hydrogens is 480 g/mol. The van der Waals surface area contributed by atoms with E-state index in [9.17, 15) is 27.2 Å². The van der Waals surface area contributed by atoms with Crippen molar-refractivity contribution in [3.8, 4) is 5.75 Å².